The summed E-state index contributed by atoms with van der Waals surface area (Å²) in [4.78, 5) is 4.80. The summed E-state index contributed by atoms with van der Waals surface area (Å²) in [6.07, 6.45) is 2.13. The maximum absolute atomic E-state index is 4.80. The summed E-state index contributed by atoms with van der Waals surface area (Å²) in [6.45, 7) is 9.81. The van der Waals surface area contributed by atoms with Crippen LogP contribution in [-0.2, 0) is 11.8 Å². The molecule has 0 amide bonds. The van der Waals surface area contributed by atoms with Crippen LogP contribution in [0.15, 0.2) is 35.7 Å². The van der Waals surface area contributed by atoms with Crippen LogP contribution in [0.1, 0.15) is 56.4 Å². The van der Waals surface area contributed by atoms with E-state index in [0.29, 0.717) is 6.04 Å². The van der Waals surface area contributed by atoms with Crippen LogP contribution in [0, 0.1) is 0 Å². The summed E-state index contributed by atoms with van der Waals surface area (Å²) in [5.74, 6) is 0. The van der Waals surface area contributed by atoms with Crippen LogP contribution in [0.2, 0.25) is 0 Å². The third-order valence-electron chi connectivity index (χ3n) is 3.62. The van der Waals surface area contributed by atoms with Crippen molar-refractivity contribution < 1.29 is 0 Å². The number of hydrogen-bond donors (Lipinski definition) is 1. The van der Waals surface area contributed by atoms with Gasteiger partial charge in [0, 0.05) is 23.3 Å². The zero-order chi connectivity index (χ0) is 15.3. The molecule has 0 fully saturated rings. The van der Waals surface area contributed by atoms with Crippen molar-refractivity contribution in [3.05, 3.63) is 52.0 Å². The first kappa shape index (κ1) is 16.2. The second-order valence-corrected chi connectivity index (χ2v) is 7.38. The summed E-state index contributed by atoms with van der Waals surface area (Å²) >= 11 is 1.79. The molecule has 0 saturated heterocycles. The molecular formula is C18H26N2S. The number of benzene rings is 1. The van der Waals surface area contributed by atoms with E-state index in [1.807, 2.05) is 0 Å². The van der Waals surface area contributed by atoms with Crippen LogP contribution in [0.4, 0.5) is 0 Å². The van der Waals surface area contributed by atoms with Gasteiger partial charge in [0.25, 0.3) is 0 Å². The molecule has 1 aromatic carbocycles. The molecule has 0 saturated carbocycles. The maximum Gasteiger partial charge on any atom is 0.0929 e. The van der Waals surface area contributed by atoms with E-state index < -0.39 is 0 Å². The fraction of sp³-hybridized carbons (Fsp3) is 0.500. The van der Waals surface area contributed by atoms with Gasteiger partial charge in [0.2, 0.25) is 0 Å². The molecule has 2 aromatic rings. The quantitative estimate of drug-likeness (QED) is 0.835. The van der Waals surface area contributed by atoms with Gasteiger partial charge in [-0.3, -0.25) is 0 Å². The highest BCUT2D eigenvalue weighted by atomic mass is 32.1. The standard InChI is InChI=1S/C18H26N2S/c1-5-19-15(14-9-7-6-8-10-14)11-12-17-20-16(13-21-17)18(2,3)4/h6-10,13,15,19H,5,11-12H2,1-4H3. The first-order chi connectivity index (χ1) is 10.0. The van der Waals surface area contributed by atoms with Crippen molar-refractivity contribution in [2.75, 3.05) is 6.54 Å². The molecule has 0 spiro atoms. The molecule has 0 aliphatic carbocycles. The van der Waals surface area contributed by atoms with Gasteiger partial charge in [-0.2, -0.15) is 0 Å². The molecule has 1 atom stereocenters. The Kier molecular flexibility index (Phi) is 5.54. The molecule has 0 radical (unpaired) electrons. The second kappa shape index (κ2) is 7.19. The van der Waals surface area contributed by atoms with Gasteiger partial charge in [-0.15, -0.1) is 11.3 Å². The van der Waals surface area contributed by atoms with E-state index in [1.54, 1.807) is 11.3 Å². The van der Waals surface area contributed by atoms with Crippen LogP contribution < -0.4 is 5.32 Å². The Morgan fingerprint density at radius 1 is 1.19 bits per heavy atom. The molecule has 1 N–H and O–H groups in total. The average Bonchev–Trinajstić information content (AvgIpc) is 2.93. The summed E-state index contributed by atoms with van der Waals surface area (Å²) in [7, 11) is 0. The van der Waals surface area contributed by atoms with Crippen LogP contribution in [0.5, 0.6) is 0 Å². The Morgan fingerprint density at radius 3 is 2.48 bits per heavy atom. The number of nitrogens with zero attached hydrogens (tertiary/aromatic N) is 1. The predicted molar refractivity (Wildman–Crippen MR) is 92.0 cm³/mol. The topological polar surface area (TPSA) is 24.9 Å². The van der Waals surface area contributed by atoms with Crippen LogP contribution in [0.25, 0.3) is 0 Å². The SMILES string of the molecule is CCNC(CCc1nc(C(C)(C)C)cs1)c1ccccc1. The molecule has 0 bridgehead atoms. The number of aromatic nitrogens is 1. The van der Waals surface area contributed by atoms with Gasteiger partial charge >= 0.3 is 0 Å². The molecule has 0 aliphatic heterocycles. The zero-order valence-electron chi connectivity index (χ0n) is 13.5. The Labute approximate surface area is 132 Å². The largest absolute Gasteiger partial charge is 0.310 e. The third kappa shape index (κ3) is 4.65. The molecule has 2 rings (SSSR count). The van der Waals surface area contributed by atoms with Crippen LogP contribution in [-0.4, -0.2) is 11.5 Å². The minimum Gasteiger partial charge on any atom is -0.310 e. The van der Waals surface area contributed by atoms with E-state index in [4.69, 9.17) is 4.98 Å². The monoisotopic (exact) mass is 302 g/mol. The minimum absolute atomic E-state index is 0.148. The lowest BCUT2D eigenvalue weighted by molar-refractivity contribution is 0.513. The van der Waals surface area contributed by atoms with E-state index in [1.165, 1.54) is 16.3 Å². The smallest absolute Gasteiger partial charge is 0.0929 e. The lowest BCUT2D eigenvalue weighted by Gasteiger charge is -2.18. The van der Waals surface area contributed by atoms with Gasteiger partial charge in [0.15, 0.2) is 0 Å². The maximum atomic E-state index is 4.80. The second-order valence-electron chi connectivity index (χ2n) is 6.44. The molecule has 3 heteroatoms. The van der Waals surface area contributed by atoms with Gasteiger partial charge in [-0.1, -0.05) is 58.0 Å². The number of hydrogen-bond acceptors (Lipinski definition) is 3. The Hall–Kier alpha value is -1.19. The predicted octanol–water partition coefficient (Wildman–Crippen LogP) is 4.72. The summed E-state index contributed by atoms with van der Waals surface area (Å²) < 4.78 is 0. The van der Waals surface area contributed by atoms with Crippen LogP contribution >= 0.6 is 11.3 Å². The minimum atomic E-state index is 0.148. The average molecular weight is 302 g/mol. The Bertz CT molecular complexity index is 540. The Morgan fingerprint density at radius 2 is 1.90 bits per heavy atom. The number of nitrogens with one attached hydrogen (secondary N) is 1. The van der Waals surface area contributed by atoms with Crippen molar-refractivity contribution >= 4 is 11.3 Å². The molecule has 114 valence electrons. The Balaban J connectivity index is 2.01. The lowest BCUT2D eigenvalue weighted by atomic mass is 9.93. The van der Waals surface area contributed by atoms with Crippen molar-refractivity contribution in [2.24, 2.45) is 0 Å². The first-order valence-electron chi connectivity index (χ1n) is 7.74. The number of aryl methyl sites for hydroxylation is 1. The number of rotatable bonds is 6. The van der Waals surface area contributed by atoms with Crippen molar-refractivity contribution in [3.8, 4) is 0 Å². The normalized spacial score (nSPS) is 13.3. The zero-order valence-corrected chi connectivity index (χ0v) is 14.3. The van der Waals surface area contributed by atoms with Gasteiger partial charge < -0.3 is 5.32 Å². The molecule has 2 nitrogen and oxygen atoms in total. The molecular weight excluding hydrogens is 276 g/mol. The van der Waals surface area contributed by atoms with Gasteiger partial charge in [-0.25, -0.2) is 4.98 Å². The highest BCUT2D eigenvalue weighted by molar-refractivity contribution is 7.09. The van der Waals surface area contributed by atoms with Crippen molar-refractivity contribution in [3.63, 3.8) is 0 Å². The van der Waals surface area contributed by atoms with E-state index in [0.717, 1.165) is 19.4 Å². The highest BCUT2D eigenvalue weighted by Crippen LogP contribution is 2.26. The lowest BCUT2D eigenvalue weighted by Crippen LogP contribution is -2.21. The fourth-order valence-electron chi connectivity index (χ4n) is 2.36. The molecule has 1 aromatic heterocycles. The molecule has 1 heterocycles. The van der Waals surface area contributed by atoms with Crippen molar-refractivity contribution in [2.45, 2.75) is 52.0 Å². The summed E-state index contributed by atoms with van der Waals surface area (Å²) in [5, 5.41) is 7.04. The highest BCUT2D eigenvalue weighted by Gasteiger charge is 2.18. The molecule has 1 unspecified atom stereocenters. The van der Waals surface area contributed by atoms with E-state index in [-0.39, 0.29) is 5.41 Å². The van der Waals surface area contributed by atoms with Gasteiger partial charge in [0.1, 0.15) is 0 Å². The molecule has 21 heavy (non-hydrogen) atoms. The van der Waals surface area contributed by atoms with Crippen molar-refractivity contribution in [1.82, 2.24) is 10.3 Å². The first-order valence-corrected chi connectivity index (χ1v) is 8.62. The van der Waals surface area contributed by atoms with E-state index >= 15 is 0 Å². The third-order valence-corrected chi connectivity index (χ3v) is 4.53. The van der Waals surface area contributed by atoms with Gasteiger partial charge in [0.05, 0.1) is 10.7 Å². The van der Waals surface area contributed by atoms with Crippen molar-refractivity contribution in [1.29, 1.82) is 0 Å². The van der Waals surface area contributed by atoms with Gasteiger partial charge in [-0.05, 0) is 18.5 Å². The van der Waals surface area contributed by atoms with Crippen LogP contribution in [0.3, 0.4) is 0 Å². The summed E-state index contributed by atoms with van der Waals surface area (Å²) in [6, 6.07) is 11.1. The summed E-state index contributed by atoms with van der Waals surface area (Å²) in [5.41, 5.74) is 2.73. The fourth-order valence-corrected chi connectivity index (χ4v) is 3.40. The number of thiazole rings is 1. The van der Waals surface area contributed by atoms with E-state index in [9.17, 15) is 0 Å². The van der Waals surface area contributed by atoms with E-state index in [2.05, 4.69) is 68.7 Å². The molecule has 0 aliphatic rings.